The van der Waals surface area contributed by atoms with Crippen molar-refractivity contribution in [1.82, 2.24) is 15.5 Å². The van der Waals surface area contributed by atoms with Gasteiger partial charge in [0.1, 0.15) is 12.1 Å². The first-order chi connectivity index (χ1) is 10.8. The molecule has 1 aliphatic heterocycles. The van der Waals surface area contributed by atoms with Gasteiger partial charge in [0.15, 0.2) is 0 Å². The lowest BCUT2D eigenvalue weighted by atomic mass is 9.91. The van der Waals surface area contributed by atoms with Crippen LogP contribution in [0.15, 0.2) is 24.3 Å². The number of hydrogen-bond donors (Lipinski definition) is 3. The van der Waals surface area contributed by atoms with E-state index in [1.54, 1.807) is 19.1 Å². The van der Waals surface area contributed by atoms with Crippen molar-refractivity contribution >= 4 is 23.8 Å². The molecule has 4 amide bonds. The molecule has 8 nitrogen and oxygen atoms in total. The smallest absolute Gasteiger partial charge is 0.323 e. The fourth-order valence-corrected chi connectivity index (χ4v) is 2.38. The zero-order valence-electron chi connectivity index (χ0n) is 12.8. The van der Waals surface area contributed by atoms with Crippen LogP contribution in [0.2, 0.25) is 0 Å². The summed E-state index contributed by atoms with van der Waals surface area (Å²) in [7, 11) is 0. The van der Waals surface area contributed by atoms with Gasteiger partial charge in [-0.25, -0.2) is 4.79 Å². The molecule has 1 atom stereocenters. The first kappa shape index (κ1) is 16.5. The lowest BCUT2D eigenvalue weighted by Gasteiger charge is -2.23. The first-order valence-corrected chi connectivity index (χ1v) is 7.03. The Labute approximate surface area is 132 Å². The Hall–Kier alpha value is -2.90. The van der Waals surface area contributed by atoms with Crippen molar-refractivity contribution < 1.29 is 24.3 Å². The summed E-state index contributed by atoms with van der Waals surface area (Å²) in [6.45, 7) is 3.04. The summed E-state index contributed by atoms with van der Waals surface area (Å²) in [5.41, 5.74) is -0.573. The number of amides is 4. The van der Waals surface area contributed by atoms with Gasteiger partial charge in [-0.05, 0) is 31.5 Å². The predicted molar refractivity (Wildman–Crippen MR) is 79.7 cm³/mol. The minimum atomic E-state index is -1.27. The number of rotatable bonds is 5. The minimum Gasteiger partial charge on any atom is -0.480 e. The van der Waals surface area contributed by atoms with E-state index in [0.29, 0.717) is 5.56 Å². The molecule has 3 N–H and O–H groups in total. The van der Waals surface area contributed by atoms with Gasteiger partial charge in [-0.3, -0.25) is 19.7 Å². The number of aliphatic carboxylic acids is 1. The quantitative estimate of drug-likeness (QED) is 0.675. The SMILES string of the molecule is CCN(CC(=O)O)C(=O)c1cccc(C2(C)NC(=O)NC2=O)c1. The number of carbonyl (C=O) groups excluding carboxylic acids is 3. The van der Waals surface area contributed by atoms with Crippen molar-refractivity contribution in [1.29, 1.82) is 0 Å². The molecule has 8 heteroatoms. The number of likely N-dealkylation sites (N-methyl/N-ethyl adjacent to an activating group) is 1. The molecule has 0 saturated carbocycles. The molecule has 1 unspecified atom stereocenters. The van der Waals surface area contributed by atoms with Crippen LogP contribution in [0.5, 0.6) is 0 Å². The topological polar surface area (TPSA) is 116 Å². The van der Waals surface area contributed by atoms with Gasteiger partial charge < -0.3 is 15.3 Å². The fourth-order valence-electron chi connectivity index (χ4n) is 2.38. The average molecular weight is 319 g/mol. The summed E-state index contributed by atoms with van der Waals surface area (Å²) in [5, 5.41) is 13.5. The molecule has 0 aliphatic carbocycles. The second-order valence-corrected chi connectivity index (χ2v) is 5.33. The molecule has 2 rings (SSSR count). The van der Waals surface area contributed by atoms with Crippen molar-refractivity contribution in [2.45, 2.75) is 19.4 Å². The monoisotopic (exact) mass is 319 g/mol. The molecular formula is C15H17N3O5. The van der Waals surface area contributed by atoms with Crippen LogP contribution < -0.4 is 10.6 Å². The molecule has 1 aromatic rings. The molecule has 23 heavy (non-hydrogen) atoms. The van der Waals surface area contributed by atoms with E-state index in [1.807, 2.05) is 0 Å². The summed E-state index contributed by atoms with van der Waals surface area (Å²) >= 11 is 0. The zero-order chi connectivity index (χ0) is 17.2. The fraction of sp³-hybridized carbons (Fsp3) is 0.333. The standard InChI is InChI=1S/C15H17N3O5/c1-3-18(8-11(19)20)12(21)9-5-4-6-10(7-9)15(2)13(22)16-14(23)17-15/h4-7H,3,8H2,1-2H3,(H,19,20)(H2,16,17,22,23). The molecule has 0 aromatic heterocycles. The Morgan fingerprint density at radius 2 is 2.00 bits per heavy atom. The Bertz CT molecular complexity index is 687. The van der Waals surface area contributed by atoms with Gasteiger partial charge in [0.05, 0.1) is 0 Å². The van der Waals surface area contributed by atoms with Gasteiger partial charge in [0.2, 0.25) is 0 Å². The van der Waals surface area contributed by atoms with Crippen LogP contribution in [0.1, 0.15) is 29.8 Å². The molecule has 1 fully saturated rings. The number of benzene rings is 1. The Kier molecular flexibility index (Phi) is 4.35. The van der Waals surface area contributed by atoms with Crippen LogP contribution >= 0.6 is 0 Å². The van der Waals surface area contributed by atoms with Crippen molar-refractivity contribution in [3.05, 3.63) is 35.4 Å². The van der Waals surface area contributed by atoms with Gasteiger partial charge in [0, 0.05) is 12.1 Å². The maximum absolute atomic E-state index is 12.4. The minimum absolute atomic E-state index is 0.240. The third kappa shape index (κ3) is 3.15. The van der Waals surface area contributed by atoms with E-state index in [-0.39, 0.29) is 12.1 Å². The van der Waals surface area contributed by atoms with E-state index in [1.165, 1.54) is 24.0 Å². The summed E-state index contributed by atoms with van der Waals surface area (Å²) in [6.07, 6.45) is 0. The van der Waals surface area contributed by atoms with Crippen molar-refractivity contribution in [3.63, 3.8) is 0 Å². The molecule has 1 aromatic carbocycles. The second kappa shape index (κ2) is 6.07. The van der Waals surface area contributed by atoms with Gasteiger partial charge in [-0.15, -0.1) is 0 Å². The van der Waals surface area contributed by atoms with E-state index in [0.717, 1.165) is 0 Å². The molecule has 0 bridgehead atoms. The number of urea groups is 1. The Balaban J connectivity index is 2.33. The summed E-state index contributed by atoms with van der Waals surface area (Å²) in [5.74, 6) is -2.07. The third-order valence-electron chi connectivity index (χ3n) is 3.73. The second-order valence-electron chi connectivity index (χ2n) is 5.33. The predicted octanol–water partition coefficient (Wildman–Crippen LogP) is 0.288. The molecule has 0 radical (unpaired) electrons. The van der Waals surface area contributed by atoms with Gasteiger partial charge in [-0.1, -0.05) is 12.1 Å². The van der Waals surface area contributed by atoms with E-state index >= 15 is 0 Å². The summed E-state index contributed by atoms with van der Waals surface area (Å²) in [4.78, 5) is 47.7. The van der Waals surface area contributed by atoms with Crippen LogP contribution in [-0.2, 0) is 15.1 Å². The largest absolute Gasteiger partial charge is 0.480 e. The number of imide groups is 1. The molecule has 122 valence electrons. The maximum atomic E-state index is 12.4. The van der Waals surface area contributed by atoms with Crippen LogP contribution in [0.25, 0.3) is 0 Å². The highest BCUT2D eigenvalue weighted by atomic mass is 16.4. The molecule has 1 saturated heterocycles. The highest BCUT2D eigenvalue weighted by Crippen LogP contribution is 2.25. The lowest BCUT2D eigenvalue weighted by molar-refractivity contribution is -0.137. The maximum Gasteiger partial charge on any atom is 0.323 e. The van der Waals surface area contributed by atoms with Crippen LogP contribution in [0, 0.1) is 0 Å². The van der Waals surface area contributed by atoms with Crippen LogP contribution in [-0.4, -0.2) is 46.9 Å². The summed E-state index contributed by atoms with van der Waals surface area (Å²) in [6, 6.07) is 5.62. The van der Waals surface area contributed by atoms with E-state index < -0.39 is 35.9 Å². The van der Waals surface area contributed by atoms with E-state index in [2.05, 4.69) is 10.6 Å². The van der Waals surface area contributed by atoms with Crippen molar-refractivity contribution in [2.75, 3.05) is 13.1 Å². The number of nitrogens with one attached hydrogen (secondary N) is 2. The Morgan fingerprint density at radius 3 is 2.52 bits per heavy atom. The normalized spacial score (nSPS) is 19.9. The van der Waals surface area contributed by atoms with Gasteiger partial charge in [-0.2, -0.15) is 0 Å². The Morgan fingerprint density at radius 1 is 1.30 bits per heavy atom. The third-order valence-corrected chi connectivity index (χ3v) is 3.73. The molecular weight excluding hydrogens is 302 g/mol. The number of nitrogens with zero attached hydrogens (tertiary/aromatic N) is 1. The summed E-state index contributed by atoms with van der Waals surface area (Å²) < 4.78 is 0. The lowest BCUT2D eigenvalue weighted by Crippen LogP contribution is -2.41. The van der Waals surface area contributed by atoms with Gasteiger partial charge >= 0.3 is 12.0 Å². The molecule has 0 spiro atoms. The molecule has 1 heterocycles. The highest BCUT2D eigenvalue weighted by Gasteiger charge is 2.43. The average Bonchev–Trinajstić information content (AvgIpc) is 2.77. The first-order valence-electron chi connectivity index (χ1n) is 7.03. The van der Waals surface area contributed by atoms with E-state index in [4.69, 9.17) is 5.11 Å². The highest BCUT2D eigenvalue weighted by molar-refractivity contribution is 6.07. The number of carboxylic acids is 1. The zero-order valence-corrected chi connectivity index (χ0v) is 12.8. The van der Waals surface area contributed by atoms with Gasteiger partial charge in [0.25, 0.3) is 11.8 Å². The number of carbonyl (C=O) groups is 4. The van der Waals surface area contributed by atoms with E-state index in [9.17, 15) is 19.2 Å². The number of carboxylic acid groups (broad SMARTS) is 1. The van der Waals surface area contributed by atoms with Crippen LogP contribution in [0.3, 0.4) is 0 Å². The van der Waals surface area contributed by atoms with Crippen molar-refractivity contribution in [3.8, 4) is 0 Å². The number of hydrogen-bond acceptors (Lipinski definition) is 4. The van der Waals surface area contributed by atoms with Crippen LogP contribution in [0.4, 0.5) is 4.79 Å². The molecule has 1 aliphatic rings. The van der Waals surface area contributed by atoms with Crippen molar-refractivity contribution in [2.24, 2.45) is 0 Å².